The van der Waals surface area contributed by atoms with Crippen LogP contribution < -0.4 is 10.4 Å². The maximum atomic E-state index is 12.4. The van der Waals surface area contributed by atoms with Gasteiger partial charge in [0, 0.05) is 11.8 Å². The van der Waals surface area contributed by atoms with Gasteiger partial charge in [0.1, 0.15) is 0 Å². The average Bonchev–Trinajstić information content (AvgIpc) is 2.89. The summed E-state index contributed by atoms with van der Waals surface area (Å²) in [5, 5.41) is 14.0. The molecule has 1 aliphatic carbocycles. The highest BCUT2D eigenvalue weighted by molar-refractivity contribution is 7.15. The number of carbonyl (C=O) groups excluding carboxylic acids is 2. The number of carbonyl (C=O) groups is 2. The molecule has 23 heavy (non-hydrogen) atoms. The number of rotatable bonds is 3. The third-order valence-corrected chi connectivity index (χ3v) is 5.08. The van der Waals surface area contributed by atoms with Crippen LogP contribution in [0.2, 0.25) is 0 Å². The Morgan fingerprint density at radius 2 is 1.96 bits per heavy atom. The van der Waals surface area contributed by atoms with Crippen molar-refractivity contribution in [2.24, 2.45) is 17.8 Å². The van der Waals surface area contributed by atoms with Crippen LogP contribution in [-0.2, 0) is 4.79 Å². The lowest BCUT2D eigenvalue weighted by molar-refractivity contribution is -0.254. The molecule has 5 heteroatoms. The number of nitrogens with one attached hydrogen (secondary N) is 1. The molecule has 0 bridgehead atoms. The molecular weight excluding hydrogens is 310 g/mol. The van der Waals surface area contributed by atoms with Crippen LogP contribution >= 0.6 is 11.3 Å². The molecule has 0 spiro atoms. The zero-order valence-corrected chi connectivity index (χ0v) is 14.6. The average molecular weight is 332 g/mol. The van der Waals surface area contributed by atoms with Gasteiger partial charge in [0.25, 0.3) is 0 Å². The van der Waals surface area contributed by atoms with Gasteiger partial charge in [0.05, 0.1) is 21.4 Å². The van der Waals surface area contributed by atoms with Crippen LogP contribution in [0.5, 0.6) is 0 Å². The number of amides is 1. The second kappa shape index (κ2) is 7.65. The Morgan fingerprint density at radius 3 is 2.52 bits per heavy atom. The Kier molecular flexibility index (Phi) is 5.84. The first kappa shape index (κ1) is 17.6. The summed E-state index contributed by atoms with van der Waals surface area (Å²) >= 11 is 1.05. The molecule has 1 N–H and O–H groups in total. The molecule has 1 amide bonds. The maximum absolute atomic E-state index is 12.4. The lowest BCUT2D eigenvalue weighted by Crippen LogP contribution is -2.28. The zero-order valence-electron chi connectivity index (χ0n) is 13.8. The molecule has 0 aliphatic heterocycles. The van der Waals surface area contributed by atoms with Gasteiger partial charge in [-0.3, -0.25) is 4.79 Å². The molecule has 2 rings (SSSR count). The molecular formula is C18H22NO3S-. The van der Waals surface area contributed by atoms with E-state index in [1.54, 1.807) is 6.07 Å². The van der Waals surface area contributed by atoms with Gasteiger partial charge in [-0.2, -0.15) is 0 Å². The molecule has 0 atom stereocenters. The van der Waals surface area contributed by atoms with Crippen molar-refractivity contribution in [3.8, 4) is 11.8 Å². The Bertz CT molecular complexity index is 643. The molecule has 1 aliphatic rings. The normalized spacial score (nSPS) is 20.7. The third kappa shape index (κ3) is 4.84. The highest BCUT2D eigenvalue weighted by Crippen LogP contribution is 2.31. The number of anilines is 1. The molecule has 1 aromatic rings. The van der Waals surface area contributed by atoms with Gasteiger partial charge < -0.3 is 15.2 Å². The van der Waals surface area contributed by atoms with Crippen molar-refractivity contribution in [1.29, 1.82) is 0 Å². The monoisotopic (exact) mass is 332 g/mol. The molecule has 1 saturated carbocycles. The molecule has 0 radical (unpaired) electrons. The van der Waals surface area contributed by atoms with Gasteiger partial charge >= 0.3 is 0 Å². The predicted octanol–water partition coefficient (Wildman–Crippen LogP) is 2.88. The first-order chi connectivity index (χ1) is 10.9. The first-order valence-corrected chi connectivity index (χ1v) is 8.86. The fourth-order valence-electron chi connectivity index (χ4n) is 2.67. The lowest BCUT2D eigenvalue weighted by atomic mass is 9.82. The minimum Gasteiger partial charge on any atom is -0.544 e. The second-order valence-electron chi connectivity index (χ2n) is 6.51. The van der Waals surface area contributed by atoms with Gasteiger partial charge in [0.15, 0.2) is 0 Å². The predicted molar refractivity (Wildman–Crippen MR) is 90.1 cm³/mol. The summed E-state index contributed by atoms with van der Waals surface area (Å²) in [7, 11) is 0. The molecule has 124 valence electrons. The Hall–Kier alpha value is -1.80. The topological polar surface area (TPSA) is 69.2 Å². The van der Waals surface area contributed by atoms with Crippen molar-refractivity contribution in [3.63, 3.8) is 0 Å². The van der Waals surface area contributed by atoms with Gasteiger partial charge in [0.2, 0.25) is 5.91 Å². The van der Waals surface area contributed by atoms with Crippen LogP contribution in [0, 0.1) is 29.6 Å². The number of aromatic carboxylic acids is 1. The Morgan fingerprint density at radius 1 is 1.30 bits per heavy atom. The molecule has 1 aromatic heterocycles. The second-order valence-corrected chi connectivity index (χ2v) is 7.56. The number of carboxylic acids is 1. The largest absolute Gasteiger partial charge is 0.544 e. The van der Waals surface area contributed by atoms with Gasteiger partial charge in [-0.05, 0) is 37.7 Å². The van der Waals surface area contributed by atoms with Crippen LogP contribution in [0.15, 0.2) is 6.07 Å². The van der Waals surface area contributed by atoms with Crippen LogP contribution in [0.25, 0.3) is 0 Å². The van der Waals surface area contributed by atoms with E-state index in [2.05, 4.69) is 24.1 Å². The Labute approximate surface area is 141 Å². The van der Waals surface area contributed by atoms with Crippen LogP contribution in [-0.4, -0.2) is 11.9 Å². The fourth-order valence-corrected chi connectivity index (χ4v) is 3.48. The third-order valence-electron chi connectivity index (χ3n) is 4.05. The minimum absolute atomic E-state index is 0.0362. The van der Waals surface area contributed by atoms with E-state index in [1.165, 1.54) is 0 Å². The minimum atomic E-state index is -1.28. The number of carboxylic acid groups (broad SMARTS) is 1. The van der Waals surface area contributed by atoms with E-state index in [9.17, 15) is 14.7 Å². The SMILES string of the molecule is CC(C)C#Cc1cc(NC(=O)C2CCC(C)CC2)c(C(=O)[O-])s1. The van der Waals surface area contributed by atoms with E-state index in [1.807, 2.05) is 13.8 Å². The van der Waals surface area contributed by atoms with E-state index in [-0.39, 0.29) is 22.6 Å². The summed E-state index contributed by atoms with van der Waals surface area (Å²) < 4.78 is 0. The van der Waals surface area contributed by atoms with Gasteiger partial charge in [-0.15, -0.1) is 11.3 Å². The summed E-state index contributed by atoms with van der Waals surface area (Å²) in [5.74, 6) is 5.39. The smallest absolute Gasteiger partial charge is 0.227 e. The highest BCUT2D eigenvalue weighted by Gasteiger charge is 2.25. The lowest BCUT2D eigenvalue weighted by Gasteiger charge is -2.25. The van der Waals surface area contributed by atoms with E-state index >= 15 is 0 Å². The molecule has 1 heterocycles. The highest BCUT2D eigenvalue weighted by atomic mass is 32.1. The summed E-state index contributed by atoms with van der Waals surface area (Å²) in [6.07, 6.45) is 3.80. The number of thiophene rings is 1. The number of hydrogen-bond acceptors (Lipinski definition) is 4. The van der Waals surface area contributed by atoms with E-state index in [4.69, 9.17) is 0 Å². The standard InChI is InChI=1S/C18H23NO3S/c1-11(2)4-9-14-10-15(16(23-14)18(21)22)19-17(20)13-7-5-12(3)6-8-13/h10-13H,5-8H2,1-3H3,(H,19,20)(H,21,22)/p-1. The van der Waals surface area contributed by atoms with Gasteiger partial charge in [-0.1, -0.05) is 32.6 Å². The van der Waals surface area contributed by atoms with Crippen molar-refractivity contribution >= 4 is 28.9 Å². The van der Waals surface area contributed by atoms with Crippen molar-refractivity contribution in [2.75, 3.05) is 5.32 Å². The van der Waals surface area contributed by atoms with Crippen LogP contribution in [0.1, 0.15) is 61.0 Å². The molecule has 0 saturated heterocycles. The quantitative estimate of drug-likeness (QED) is 0.865. The van der Waals surface area contributed by atoms with E-state index in [0.29, 0.717) is 16.5 Å². The summed E-state index contributed by atoms with van der Waals surface area (Å²) in [6, 6.07) is 1.63. The first-order valence-electron chi connectivity index (χ1n) is 8.04. The van der Waals surface area contributed by atoms with E-state index < -0.39 is 5.97 Å². The Balaban J connectivity index is 2.13. The summed E-state index contributed by atoms with van der Waals surface area (Å²) in [4.78, 5) is 24.3. The number of hydrogen-bond donors (Lipinski definition) is 1. The maximum Gasteiger partial charge on any atom is 0.227 e. The molecule has 4 nitrogen and oxygen atoms in total. The van der Waals surface area contributed by atoms with Crippen molar-refractivity contribution in [2.45, 2.75) is 46.5 Å². The molecule has 0 aromatic carbocycles. The molecule has 0 unspecified atom stereocenters. The van der Waals surface area contributed by atoms with Crippen molar-refractivity contribution < 1.29 is 14.7 Å². The fraction of sp³-hybridized carbons (Fsp3) is 0.556. The van der Waals surface area contributed by atoms with Gasteiger partial charge in [-0.25, -0.2) is 0 Å². The van der Waals surface area contributed by atoms with Crippen molar-refractivity contribution in [3.05, 3.63) is 15.8 Å². The summed E-state index contributed by atoms with van der Waals surface area (Å²) in [5.41, 5.74) is 0.312. The van der Waals surface area contributed by atoms with E-state index in [0.717, 1.165) is 37.0 Å². The summed E-state index contributed by atoms with van der Waals surface area (Å²) in [6.45, 7) is 6.13. The zero-order chi connectivity index (χ0) is 17.0. The molecule has 1 fully saturated rings. The van der Waals surface area contributed by atoms with Crippen LogP contribution in [0.3, 0.4) is 0 Å². The van der Waals surface area contributed by atoms with Crippen molar-refractivity contribution in [1.82, 2.24) is 0 Å². The van der Waals surface area contributed by atoms with Crippen LogP contribution in [0.4, 0.5) is 5.69 Å².